The van der Waals surface area contributed by atoms with Crippen LogP contribution >= 0.6 is 11.6 Å². The van der Waals surface area contributed by atoms with Gasteiger partial charge in [-0.05, 0) is 13.0 Å². The van der Waals surface area contributed by atoms with E-state index >= 15 is 0 Å². The average Bonchev–Trinajstić information content (AvgIpc) is 2.20. The highest BCUT2D eigenvalue weighted by molar-refractivity contribution is 6.30. The molecule has 0 aliphatic carbocycles. The average molecular weight is 231 g/mol. The number of rotatable bonds is 5. The lowest BCUT2D eigenvalue weighted by Gasteiger charge is -2.04. The van der Waals surface area contributed by atoms with Crippen molar-refractivity contribution in [2.24, 2.45) is 5.73 Å². The zero-order chi connectivity index (χ0) is 11.3. The normalized spacial score (nSPS) is 10.0. The van der Waals surface area contributed by atoms with E-state index in [-0.39, 0.29) is 16.5 Å². The van der Waals surface area contributed by atoms with Crippen molar-refractivity contribution in [2.45, 2.75) is 6.42 Å². The van der Waals surface area contributed by atoms with Crippen molar-refractivity contribution in [3.63, 3.8) is 0 Å². The van der Waals surface area contributed by atoms with E-state index in [2.05, 4.69) is 10.3 Å². The van der Waals surface area contributed by atoms with Gasteiger partial charge in [-0.2, -0.15) is 0 Å². The molecule has 7 heteroatoms. The number of hydrogen-bond donors (Lipinski definition) is 2. The molecule has 0 aliphatic heterocycles. The number of pyridine rings is 1. The molecule has 0 amide bonds. The first-order valence-corrected chi connectivity index (χ1v) is 4.77. The molecule has 0 fully saturated rings. The lowest BCUT2D eigenvalue weighted by Crippen LogP contribution is -2.10. The molecule has 0 spiro atoms. The van der Waals surface area contributed by atoms with Gasteiger partial charge in [0.25, 0.3) is 0 Å². The summed E-state index contributed by atoms with van der Waals surface area (Å²) >= 11 is 5.61. The summed E-state index contributed by atoms with van der Waals surface area (Å²) in [7, 11) is 0. The Morgan fingerprint density at radius 1 is 1.67 bits per heavy atom. The third-order valence-corrected chi connectivity index (χ3v) is 1.91. The summed E-state index contributed by atoms with van der Waals surface area (Å²) in [6.07, 6.45) is 2.08. The van der Waals surface area contributed by atoms with Gasteiger partial charge in [0, 0.05) is 18.8 Å². The maximum Gasteiger partial charge on any atom is 0.312 e. The molecule has 6 nitrogen and oxygen atoms in total. The van der Waals surface area contributed by atoms with Crippen molar-refractivity contribution < 1.29 is 4.92 Å². The maximum atomic E-state index is 10.6. The predicted molar refractivity (Wildman–Crippen MR) is 58.1 cm³/mol. The van der Waals surface area contributed by atoms with Gasteiger partial charge in [0.15, 0.2) is 0 Å². The molecular formula is C8H11ClN4O2. The molecule has 0 radical (unpaired) electrons. The topological polar surface area (TPSA) is 94.1 Å². The van der Waals surface area contributed by atoms with Crippen LogP contribution in [0.5, 0.6) is 0 Å². The van der Waals surface area contributed by atoms with E-state index in [0.717, 1.165) is 6.42 Å². The second-order valence-electron chi connectivity index (χ2n) is 2.85. The smallest absolute Gasteiger partial charge is 0.312 e. The van der Waals surface area contributed by atoms with E-state index in [1.54, 1.807) is 0 Å². The van der Waals surface area contributed by atoms with Gasteiger partial charge in [0.1, 0.15) is 0 Å². The van der Waals surface area contributed by atoms with Crippen LogP contribution < -0.4 is 11.1 Å². The molecule has 15 heavy (non-hydrogen) atoms. The summed E-state index contributed by atoms with van der Waals surface area (Å²) in [6, 6.07) is 1.26. The van der Waals surface area contributed by atoms with Gasteiger partial charge in [-0.15, -0.1) is 0 Å². The molecule has 0 aliphatic rings. The van der Waals surface area contributed by atoms with E-state index in [1.807, 2.05) is 0 Å². The Morgan fingerprint density at radius 2 is 2.40 bits per heavy atom. The summed E-state index contributed by atoms with van der Waals surface area (Å²) in [5, 5.41) is 13.7. The van der Waals surface area contributed by atoms with Gasteiger partial charge in [-0.3, -0.25) is 10.1 Å². The lowest BCUT2D eigenvalue weighted by molar-refractivity contribution is -0.384. The monoisotopic (exact) mass is 230 g/mol. The van der Waals surface area contributed by atoms with E-state index in [4.69, 9.17) is 17.3 Å². The van der Waals surface area contributed by atoms with Crippen LogP contribution in [0.1, 0.15) is 6.42 Å². The summed E-state index contributed by atoms with van der Waals surface area (Å²) in [5.74, 6) is 0.220. The molecule has 0 saturated heterocycles. The van der Waals surface area contributed by atoms with Crippen LogP contribution in [0.3, 0.4) is 0 Å². The molecule has 0 unspecified atom stereocenters. The number of hydrogen-bond acceptors (Lipinski definition) is 5. The number of nitro groups is 1. The summed E-state index contributed by atoms with van der Waals surface area (Å²) < 4.78 is 0. The first-order chi connectivity index (χ1) is 7.15. The van der Waals surface area contributed by atoms with Crippen LogP contribution in [0, 0.1) is 10.1 Å². The first-order valence-electron chi connectivity index (χ1n) is 4.39. The zero-order valence-electron chi connectivity index (χ0n) is 7.94. The summed E-state index contributed by atoms with van der Waals surface area (Å²) in [4.78, 5) is 14.0. The highest BCUT2D eigenvalue weighted by Gasteiger charge is 2.15. The molecule has 82 valence electrons. The fourth-order valence-corrected chi connectivity index (χ4v) is 1.16. The molecule has 1 heterocycles. The van der Waals surface area contributed by atoms with Crippen LogP contribution in [0.2, 0.25) is 5.02 Å². The van der Waals surface area contributed by atoms with Crippen molar-refractivity contribution in [3.05, 3.63) is 27.4 Å². The van der Waals surface area contributed by atoms with Crippen LogP contribution in [0.25, 0.3) is 0 Å². The first kappa shape index (κ1) is 11.7. The standard InChI is InChI=1S/C8H11ClN4O2/c9-6-4-7(13(14)15)8(12-5-6)11-3-1-2-10/h4-5H,1-3,10H2,(H,11,12). The summed E-state index contributed by atoms with van der Waals surface area (Å²) in [6.45, 7) is 1.07. The van der Waals surface area contributed by atoms with Gasteiger partial charge in [0.05, 0.1) is 9.95 Å². The van der Waals surface area contributed by atoms with Crippen LogP contribution in [0.4, 0.5) is 11.5 Å². The fourth-order valence-electron chi connectivity index (χ4n) is 1.01. The Labute approximate surface area is 91.6 Å². The molecule has 0 aromatic carbocycles. The van der Waals surface area contributed by atoms with Gasteiger partial charge in [-0.1, -0.05) is 11.6 Å². The number of nitrogens with zero attached hydrogens (tertiary/aromatic N) is 2. The fraction of sp³-hybridized carbons (Fsp3) is 0.375. The molecule has 3 N–H and O–H groups in total. The van der Waals surface area contributed by atoms with Crippen LogP contribution in [-0.2, 0) is 0 Å². The largest absolute Gasteiger partial charge is 0.364 e. The SMILES string of the molecule is NCCCNc1ncc(Cl)cc1[N+](=O)[O-]. The lowest BCUT2D eigenvalue weighted by atomic mass is 10.3. The quantitative estimate of drug-likeness (QED) is 0.453. The van der Waals surface area contributed by atoms with Gasteiger partial charge in [-0.25, -0.2) is 4.98 Å². The van der Waals surface area contributed by atoms with Gasteiger partial charge in [0.2, 0.25) is 5.82 Å². The van der Waals surface area contributed by atoms with E-state index < -0.39 is 4.92 Å². The molecule has 0 saturated carbocycles. The Morgan fingerprint density at radius 3 is 3.00 bits per heavy atom. The predicted octanol–water partition coefficient (Wildman–Crippen LogP) is 1.40. The minimum absolute atomic E-state index is 0.125. The molecule has 1 rings (SSSR count). The molecular weight excluding hydrogens is 220 g/mol. The van der Waals surface area contributed by atoms with E-state index in [1.165, 1.54) is 12.3 Å². The minimum atomic E-state index is -0.524. The molecule has 0 bridgehead atoms. The second-order valence-corrected chi connectivity index (χ2v) is 3.28. The minimum Gasteiger partial charge on any atom is -0.364 e. The second kappa shape index (κ2) is 5.47. The maximum absolute atomic E-state index is 10.6. The van der Waals surface area contributed by atoms with Gasteiger partial charge < -0.3 is 11.1 Å². The Kier molecular flexibility index (Phi) is 4.26. The number of anilines is 1. The number of aromatic nitrogens is 1. The van der Waals surface area contributed by atoms with Crippen molar-refractivity contribution >= 4 is 23.1 Å². The number of nitrogens with two attached hydrogens (primary N) is 1. The van der Waals surface area contributed by atoms with E-state index in [9.17, 15) is 10.1 Å². The van der Waals surface area contributed by atoms with Crippen molar-refractivity contribution in [2.75, 3.05) is 18.4 Å². The molecule has 0 atom stereocenters. The Balaban J connectivity index is 2.81. The van der Waals surface area contributed by atoms with Crippen molar-refractivity contribution in [1.29, 1.82) is 0 Å². The van der Waals surface area contributed by atoms with Crippen molar-refractivity contribution in [3.8, 4) is 0 Å². The van der Waals surface area contributed by atoms with Crippen molar-refractivity contribution in [1.82, 2.24) is 4.98 Å². The highest BCUT2D eigenvalue weighted by atomic mass is 35.5. The third kappa shape index (κ3) is 3.34. The molecule has 1 aromatic heterocycles. The Bertz CT molecular complexity index is 358. The number of nitrogens with one attached hydrogen (secondary N) is 1. The summed E-state index contributed by atoms with van der Waals surface area (Å²) in [5.41, 5.74) is 5.17. The number of halogens is 1. The van der Waals surface area contributed by atoms with Crippen LogP contribution in [-0.4, -0.2) is 23.0 Å². The zero-order valence-corrected chi connectivity index (χ0v) is 8.70. The molecule has 1 aromatic rings. The highest BCUT2D eigenvalue weighted by Crippen LogP contribution is 2.24. The van der Waals surface area contributed by atoms with Gasteiger partial charge >= 0.3 is 5.69 Å². The van der Waals surface area contributed by atoms with Crippen LogP contribution in [0.15, 0.2) is 12.3 Å². The third-order valence-electron chi connectivity index (χ3n) is 1.70. The Hall–Kier alpha value is -1.40. The van der Waals surface area contributed by atoms with E-state index in [0.29, 0.717) is 13.1 Å².